The lowest BCUT2D eigenvalue weighted by Gasteiger charge is -2.05. The summed E-state index contributed by atoms with van der Waals surface area (Å²) in [6.07, 6.45) is 0.935. The van der Waals surface area contributed by atoms with E-state index in [2.05, 4.69) is 10.3 Å². The van der Waals surface area contributed by atoms with Crippen molar-refractivity contribution in [1.29, 1.82) is 0 Å². The van der Waals surface area contributed by atoms with Gasteiger partial charge in [-0.05, 0) is 37.2 Å². The Bertz CT molecular complexity index is 627. The molecule has 0 saturated carbocycles. The zero-order valence-corrected chi connectivity index (χ0v) is 11.4. The first-order valence-electron chi connectivity index (χ1n) is 6.08. The minimum absolute atomic E-state index is 0.00430. The molecule has 0 unspecified atom stereocenters. The number of para-hydroxylation sites is 1. The van der Waals surface area contributed by atoms with Crippen molar-refractivity contribution >= 4 is 29.2 Å². The van der Waals surface area contributed by atoms with E-state index in [1.54, 1.807) is 0 Å². The molecule has 0 aliphatic rings. The third kappa shape index (κ3) is 2.46. The molecule has 1 aromatic carbocycles. The zero-order chi connectivity index (χ0) is 13.1. The van der Waals surface area contributed by atoms with Crippen molar-refractivity contribution < 1.29 is 4.79 Å². The van der Waals surface area contributed by atoms with Crippen molar-refractivity contribution in [2.45, 2.75) is 26.8 Å². The molecule has 0 spiro atoms. The van der Waals surface area contributed by atoms with Gasteiger partial charge < -0.3 is 14.9 Å². The molecule has 5 heteroatoms. The molecule has 2 aromatic rings. The summed E-state index contributed by atoms with van der Waals surface area (Å²) >= 11 is 5.27. The second-order valence-electron chi connectivity index (χ2n) is 4.34. The summed E-state index contributed by atoms with van der Waals surface area (Å²) in [7, 11) is 0. The molecule has 0 fully saturated rings. The van der Waals surface area contributed by atoms with Gasteiger partial charge in [0.25, 0.3) is 0 Å². The number of H-pyrrole nitrogens is 1. The molecule has 1 amide bonds. The van der Waals surface area contributed by atoms with E-state index in [4.69, 9.17) is 12.2 Å². The third-order valence-corrected chi connectivity index (χ3v) is 3.22. The maximum atomic E-state index is 11.8. The Morgan fingerprint density at radius 2 is 2.28 bits per heavy atom. The molecule has 4 nitrogen and oxygen atoms in total. The summed E-state index contributed by atoms with van der Waals surface area (Å²) in [6.45, 7) is 5.02. The van der Waals surface area contributed by atoms with Gasteiger partial charge in [0.1, 0.15) is 6.54 Å². The third-order valence-electron chi connectivity index (χ3n) is 2.89. The molecule has 1 heterocycles. The van der Waals surface area contributed by atoms with Gasteiger partial charge in [0.05, 0.1) is 11.0 Å². The summed E-state index contributed by atoms with van der Waals surface area (Å²) in [5.41, 5.74) is 3.11. The van der Waals surface area contributed by atoms with E-state index in [-0.39, 0.29) is 12.5 Å². The molecular formula is C13H17N3OS. The van der Waals surface area contributed by atoms with E-state index in [9.17, 15) is 4.79 Å². The first-order valence-corrected chi connectivity index (χ1v) is 6.49. The summed E-state index contributed by atoms with van der Waals surface area (Å²) in [5.74, 6) is -0.00430. The van der Waals surface area contributed by atoms with Gasteiger partial charge in [-0.2, -0.15) is 0 Å². The molecule has 0 atom stereocenters. The number of aryl methyl sites for hydroxylation is 1. The van der Waals surface area contributed by atoms with E-state index >= 15 is 0 Å². The van der Waals surface area contributed by atoms with Crippen LogP contribution in [-0.4, -0.2) is 22.0 Å². The summed E-state index contributed by atoms with van der Waals surface area (Å²) in [6, 6.07) is 5.97. The van der Waals surface area contributed by atoms with E-state index in [1.807, 2.05) is 36.6 Å². The van der Waals surface area contributed by atoms with Crippen molar-refractivity contribution in [1.82, 2.24) is 14.9 Å². The number of amides is 1. The highest BCUT2D eigenvalue weighted by molar-refractivity contribution is 7.71. The second kappa shape index (κ2) is 5.35. The Morgan fingerprint density at radius 3 is 3.00 bits per heavy atom. The minimum Gasteiger partial charge on any atom is -0.355 e. The number of benzene rings is 1. The zero-order valence-electron chi connectivity index (χ0n) is 10.6. The van der Waals surface area contributed by atoms with Gasteiger partial charge in [-0.1, -0.05) is 19.1 Å². The van der Waals surface area contributed by atoms with E-state index in [0.29, 0.717) is 11.3 Å². The van der Waals surface area contributed by atoms with E-state index in [0.717, 1.165) is 23.0 Å². The minimum atomic E-state index is -0.00430. The summed E-state index contributed by atoms with van der Waals surface area (Å²) in [4.78, 5) is 14.9. The van der Waals surface area contributed by atoms with Gasteiger partial charge in [-0.3, -0.25) is 4.79 Å². The number of aromatic amines is 1. The van der Waals surface area contributed by atoms with Crippen LogP contribution >= 0.6 is 12.2 Å². The largest absolute Gasteiger partial charge is 0.355 e. The molecule has 0 aliphatic heterocycles. The lowest BCUT2D eigenvalue weighted by molar-refractivity contribution is -0.121. The number of carbonyl (C=O) groups excluding carboxylic acids is 1. The quantitative estimate of drug-likeness (QED) is 0.833. The standard InChI is InChI=1S/C13H17N3OS/c1-3-7-14-11(17)8-16-10-6-4-5-9(2)12(10)15-13(16)18/h4-6H,3,7-8H2,1-2H3,(H,14,17)(H,15,18). The highest BCUT2D eigenvalue weighted by Gasteiger charge is 2.09. The van der Waals surface area contributed by atoms with Crippen molar-refractivity contribution in [3.63, 3.8) is 0 Å². The highest BCUT2D eigenvalue weighted by atomic mass is 32.1. The summed E-state index contributed by atoms with van der Waals surface area (Å²) < 4.78 is 2.42. The van der Waals surface area contributed by atoms with Gasteiger partial charge in [0.15, 0.2) is 4.77 Å². The number of hydrogen-bond donors (Lipinski definition) is 2. The fourth-order valence-corrected chi connectivity index (χ4v) is 2.21. The van der Waals surface area contributed by atoms with Crippen LogP contribution in [0.3, 0.4) is 0 Å². The number of fused-ring (bicyclic) bond motifs is 1. The van der Waals surface area contributed by atoms with Crippen LogP contribution in [0.15, 0.2) is 18.2 Å². The van der Waals surface area contributed by atoms with E-state index in [1.165, 1.54) is 0 Å². The van der Waals surface area contributed by atoms with Crippen molar-refractivity contribution in [2.75, 3.05) is 6.54 Å². The van der Waals surface area contributed by atoms with Crippen LogP contribution in [0.25, 0.3) is 11.0 Å². The molecule has 2 N–H and O–H groups in total. The Kier molecular flexibility index (Phi) is 3.81. The average molecular weight is 263 g/mol. The Hall–Kier alpha value is -1.62. The van der Waals surface area contributed by atoms with Crippen molar-refractivity contribution in [2.24, 2.45) is 0 Å². The predicted molar refractivity (Wildman–Crippen MR) is 75.2 cm³/mol. The van der Waals surface area contributed by atoms with Crippen molar-refractivity contribution in [3.05, 3.63) is 28.5 Å². The molecular weight excluding hydrogens is 246 g/mol. The van der Waals surface area contributed by atoms with Gasteiger partial charge in [-0.15, -0.1) is 0 Å². The normalized spacial score (nSPS) is 10.8. The number of rotatable bonds is 4. The summed E-state index contributed by atoms with van der Waals surface area (Å²) in [5, 5.41) is 2.86. The number of nitrogens with zero attached hydrogens (tertiary/aromatic N) is 1. The highest BCUT2D eigenvalue weighted by Crippen LogP contribution is 2.17. The number of aromatic nitrogens is 2. The first-order chi connectivity index (χ1) is 8.63. The van der Waals surface area contributed by atoms with Crippen LogP contribution in [0.4, 0.5) is 0 Å². The van der Waals surface area contributed by atoms with E-state index < -0.39 is 0 Å². The van der Waals surface area contributed by atoms with Crippen LogP contribution < -0.4 is 5.32 Å². The van der Waals surface area contributed by atoms with Gasteiger partial charge >= 0.3 is 0 Å². The van der Waals surface area contributed by atoms with Crippen LogP contribution in [0.5, 0.6) is 0 Å². The molecule has 18 heavy (non-hydrogen) atoms. The molecule has 0 aliphatic carbocycles. The van der Waals surface area contributed by atoms with Gasteiger partial charge in [0.2, 0.25) is 5.91 Å². The number of nitrogens with one attached hydrogen (secondary N) is 2. The monoisotopic (exact) mass is 263 g/mol. The van der Waals surface area contributed by atoms with Crippen LogP contribution in [0.1, 0.15) is 18.9 Å². The maximum Gasteiger partial charge on any atom is 0.240 e. The molecule has 0 bridgehead atoms. The maximum absolute atomic E-state index is 11.8. The topological polar surface area (TPSA) is 49.8 Å². The number of hydrogen-bond acceptors (Lipinski definition) is 2. The molecule has 0 saturated heterocycles. The van der Waals surface area contributed by atoms with Crippen LogP contribution in [0.2, 0.25) is 0 Å². The van der Waals surface area contributed by atoms with Gasteiger partial charge in [-0.25, -0.2) is 0 Å². The first kappa shape index (κ1) is 12.8. The molecule has 1 aromatic heterocycles. The predicted octanol–water partition coefficient (Wildman–Crippen LogP) is 2.53. The Balaban J connectivity index is 2.34. The fraction of sp³-hybridized carbons (Fsp3) is 0.385. The Morgan fingerprint density at radius 1 is 1.50 bits per heavy atom. The fourth-order valence-electron chi connectivity index (χ4n) is 1.94. The molecule has 96 valence electrons. The average Bonchev–Trinajstić information content (AvgIpc) is 2.66. The smallest absolute Gasteiger partial charge is 0.240 e. The molecule has 2 rings (SSSR count). The lowest BCUT2D eigenvalue weighted by Crippen LogP contribution is -2.28. The van der Waals surface area contributed by atoms with Crippen molar-refractivity contribution in [3.8, 4) is 0 Å². The van der Waals surface area contributed by atoms with Crippen LogP contribution in [0, 0.1) is 11.7 Å². The van der Waals surface area contributed by atoms with Gasteiger partial charge in [0, 0.05) is 6.54 Å². The second-order valence-corrected chi connectivity index (χ2v) is 4.72. The molecule has 0 radical (unpaired) electrons. The Labute approximate surface area is 111 Å². The SMILES string of the molecule is CCCNC(=O)Cn1c(=S)[nH]c2c(C)cccc21. The number of carbonyl (C=O) groups is 1. The van der Waals surface area contributed by atoms with Crippen LogP contribution in [-0.2, 0) is 11.3 Å². The lowest BCUT2D eigenvalue weighted by atomic mass is 10.2. The number of imidazole rings is 1.